The zero-order chi connectivity index (χ0) is 16.6. The van der Waals surface area contributed by atoms with Gasteiger partial charge in [-0.15, -0.1) is 0 Å². The predicted molar refractivity (Wildman–Crippen MR) is 92.6 cm³/mol. The maximum Gasteiger partial charge on any atom is 0.342 e. The SMILES string of the molecule is CCOC(=O)C1=C(c2ccc(Br)cc2)c2ccc(Cl)cc2C1=O. The van der Waals surface area contributed by atoms with E-state index in [4.69, 9.17) is 16.3 Å². The van der Waals surface area contributed by atoms with E-state index in [0.717, 1.165) is 10.0 Å². The van der Waals surface area contributed by atoms with Crippen LogP contribution < -0.4 is 0 Å². The summed E-state index contributed by atoms with van der Waals surface area (Å²) in [5, 5.41) is 0.456. The molecule has 0 saturated carbocycles. The van der Waals surface area contributed by atoms with Gasteiger partial charge in [0, 0.05) is 20.6 Å². The number of hydrogen-bond donors (Lipinski definition) is 0. The van der Waals surface area contributed by atoms with Crippen molar-refractivity contribution in [2.45, 2.75) is 6.92 Å². The van der Waals surface area contributed by atoms with E-state index in [1.54, 1.807) is 25.1 Å². The van der Waals surface area contributed by atoms with E-state index in [0.29, 0.717) is 21.7 Å². The smallest absolute Gasteiger partial charge is 0.342 e. The highest BCUT2D eigenvalue weighted by molar-refractivity contribution is 9.10. The molecule has 0 bridgehead atoms. The molecule has 0 aromatic heterocycles. The summed E-state index contributed by atoms with van der Waals surface area (Å²) in [6.07, 6.45) is 0. The van der Waals surface area contributed by atoms with E-state index in [1.165, 1.54) is 0 Å². The normalized spacial score (nSPS) is 13.3. The van der Waals surface area contributed by atoms with Gasteiger partial charge in [-0.1, -0.05) is 45.7 Å². The van der Waals surface area contributed by atoms with Gasteiger partial charge in [-0.25, -0.2) is 4.79 Å². The van der Waals surface area contributed by atoms with Gasteiger partial charge in [0.1, 0.15) is 5.57 Å². The third-order valence-corrected chi connectivity index (χ3v) is 4.35. The minimum atomic E-state index is -0.609. The molecule has 0 unspecified atom stereocenters. The van der Waals surface area contributed by atoms with Crippen molar-refractivity contribution >= 4 is 44.9 Å². The molecule has 0 heterocycles. The Morgan fingerprint density at radius 1 is 1.13 bits per heavy atom. The molecule has 23 heavy (non-hydrogen) atoms. The molecule has 0 atom stereocenters. The zero-order valence-electron chi connectivity index (χ0n) is 12.2. The number of esters is 1. The van der Waals surface area contributed by atoms with Gasteiger partial charge in [-0.05, 0) is 42.3 Å². The minimum absolute atomic E-state index is 0.0615. The summed E-state index contributed by atoms with van der Waals surface area (Å²) in [5.74, 6) is -0.957. The Morgan fingerprint density at radius 2 is 1.83 bits per heavy atom. The van der Waals surface area contributed by atoms with Gasteiger partial charge in [0.05, 0.1) is 6.61 Å². The molecule has 0 amide bonds. The van der Waals surface area contributed by atoms with Crippen LogP contribution in [0.25, 0.3) is 5.57 Å². The average molecular weight is 392 g/mol. The third-order valence-electron chi connectivity index (χ3n) is 3.59. The lowest BCUT2D eigenvalue weighted by Gasteiger charge is -2.08. The Hall–Kier alpha value is -1.91. The molecule has 0 radical (unpaired) electrons. The molecule has 0 saturated heterocycles. The lowest BCUT2D eigenvalue weighted by Crippen LogP contribution is -2.14. The van der Waals surface area contributed by atoms with E-state index in [9.17, 15) is 9.59 Å². The van der Waals surface area contributed by atoms with Gasteiger partial charge in [-0.2, -0.15) is 0 Å². The molecule has 3 rings (SSSR count). The van der Waals surface area contributed by atoms with E-state index in [-0.39, 0.29) is 18.0 Å². The minimum Gasteiger partial charge on any atom is -0.462 e. The van der Waals surface area contributed by atoms with E-state index >= 15 is 0 Å². The van der Waals surface area contributed by atoms with Crippen LogP contribution in [0.2, 0.25) is 5.02 Å². The molecule has 0 aliphatic heterocycles. The number of rotatable bonds is 3. The summed E-state index contributed by atoms with van der Waals surface area (Å²) in [5.41, 5.74) is 2.56. The molecular weight excluding hydrogens is 380 g/mol. The molecule has 116 valence electrons. The van der Waals surface area contributed by atoms with Gasteiger partial charge in [0.25, 0.3) is 0 Å². The lowest BCUT2D eigenvalue weighted by atomic mass is 9.97. The first-order chi connectivity index (χ1) is 11.0. The molecule has 2 aromatic rings. The first kappa shape index (κ1) is 16.0. The van der Waals surface area contributed by atoms with Gasteiger partial charge in [-0.3, -0.25) is 4.79 Å². The summed E-state index contributed by atoms with van der Waals surface area (Å²) in [6, 6.07) is 12.5. The Labute approximate surface area is 147 Å². The van der Waals surface area contributed by atoms with Crippen molar-refractivity contribution in [3.8, 4) is 0 Å². The van der Waals surface area contributed by atoms with Crippen LogP contribution >= 0.6 is 27.5 Å². The van der Waals surface area contributed by atoms with Crippen molar-refractivity contribution in [1.82, 2.24) is 0 Å². The quantitative estimate of drug-likeness (QED) is 0.564. The maximum atomic E-state index is 12.7. The first-order valence-corrected chi connectivity index (χ1v) is 8.22. The summed E-state index contributed by atoms with van der Waals surface area (Å²) < 4.78 is 5.99. The highest BCUT2D eigenvalue weighted by Gasteiger charge is 2.35. The second-order valence-electron chi connectivity index (χ2n) is 5.00. The summed E-state index contributed by atoms with van der Waals surface area (Å²) >= 11 is 9.38. The van der Waals surface area contributed by atoms with Crippen LogP contribution in [0, 0.1) is 0 Å². The van der Waals surface area contributed by atoms with E-state index in [1.807, 2.05) is 24.3 Å². The highest BCUT2D eigenvalue weighted by atomic mass is 79.9. The fourth-order valence-corrected chi connectivity index (χ4v) is 3.06. The number of Topliss-reactive ketones (excluding diaryl/α,β-unsaturated/α-hetero) is 1. The Morgan fingerprint density at radius 3 is 2.48 bits per heavy atom. The van der Waals surface area contributed by atoms with Crippen LogP contribution in [-0.2, 0) is 9.53 Å². The lowest BCUT2D eigenvalue weighted by molar-refractivity contribution is -0.137. The molecule has 0 N–H and O–H groups in total. The molecule has 0 spiro atoms. The molecule has 1 aliphatic carbocycles. The number of ether oxygens (including phenoxy) is 1. The van der Waals surface area contributed by atoms with Crippen molar-refractivity contribution in [3.63, 3.8) is 0 Å². The number of ketones is 1. The molecular formula is C18H12BrClO3. The Balaban J connectivity index is 2.24. The molecule has 5 heteroatoms. The fourth-order valence-electron chi connectivity index (χ4n) is 2.62. The summed E-state index contributed by atoms with van der Waals surface area (Å²) in [7, 11) is 0. The number of benzene rings is 2. The third kappa shape index (κ3) is 2.84. The molecule has 1 aliphatic rings. The maximum absolute atomic E-state index is 12.7. The predicted octanol–water partition coefficient (Wildman–Crippen LogP) is 4.66. The summed E-state index contributed by atoms with van der Waals surface area (Å²) in [6.45, 7) is 1.92. The van der Waals surface area contributed by atoms with Crippen molar-refractivity contribution in [2.24, 2.45) is 0 Å². The number of hydrogen-bond acceptors (Lipinski definition) is 3. The van der Waals surface area contributed by atoms with Gasteiger partial charge >= 0.3 is 5.97 Å². The van der Waals surface area contributed by atoms with Crippen molar-refractivity contribution in [3.05, 3.63) is 74.2 Å². The number of halogens is 2. The van der Waals surface area contributed by atoms with Crippen LogP contribution in [0.1, 0.15) is 28.4 Å². The zero-order valence-corrected chi connectivity index (χ0v) is 14.6. The van der Waals surface area contributed by atoms with Crippen LogP contribution in [0.3, 0.4) is 0 Å². The van der Waals surface area contributed by atoms with Gasteiger partial charge in [0.2, 0.25) is 5.78 Å². The van der Waals surface area contributed by atoms with E-state index in [2.05, 4.69) is 15.9 Å². The van der Waals surface area contributed by atoms with Crippen molar-refractivity contribution in [1.29, 1.82) is 0 Å². The monoisotopic (exact) mass is 390 g/mol. The molecule has 3 nitrogen and oxygen atoms in total. The molecule has 0 fully saturated rings. The Kier molecular flexibility index (Phi) is 4.37. The van der Waals surface area contributed by atoms with Gasteiger partial charge < -0.3 is 4.74 Å². The van der Waals surface area contributed by atoms with Crippen molar-refractivity contribution in [2.75, 3.05) is 6.61 Å². The second kappa shape index (κ2) is 6.30. The standard InChI is InChI=1S/C18H12BrClO3/c1-2-23-18(22)16-15(10-3-5-11(19)6-4-10)13-8-7-12(20)9-14(13)17(16)21/h3-9H,2H2,1H3. The number of carbonyl (C=O) groups excluding carboxylic acids is 2. The van der Waals surface area contributed by atoms with Gasteiger partial charge in [0.15, 0.2) is 0 Å². The topological polar surface area (TPSA) is 43.4 Å². The molecule has 2 aromatic carbocycles. The van der Waals surface area contributed by atoms with Crippen LogP contribution in [-0.4, -0.2) is 18.4 Å². The second-order valence-corrected chi connectivity index (χ2v) is 6.35. The first-order valence-electron chi connectivity index (χ1n) is 7.05. The summed E-state index contributed by atoms with van der Waals surface area (Å²) in [4.78, 5) is 25.0. The largest absolute Gasteiger partial charge is 0.462 e. The van der Waals surface area contributed by atoms with E-state index < -0.39 is 5.97 Å². The van der Waals surface area contributed by atoms with Crippen LogP contribution in [0.15, 0.2) is 52.5 Å². The van der Waals surface area contributed by atoms with Crippen LogP contribution in [0.5, 0.6) is 0 Å². The fraction of sp³-hybridized carbons (Fsp3) is 0.111. The van der Waals surface area contributed by atoms with Crippen molar-refractivity contribution < 1.29 is 14.3 Å². The average Bonchev–Trinajstić information content (AvgIpc) is 2.81. The Bertz CT molecular complexity index is 838. The number of fused-ring (bicyclic) bond motifs is 1. The number of carbonyl (C=O) groups is 2. The van der Waals surface area contributed by atoms with Crippen LogP contribution in [0.4, 0.5) is 0 Å². The highest BCUT2D eigenvalue weighted by Crippen LogP contribution is 2.39.